The second-order valence-electron chi connectivity index (χ2n) is 6.40. The van der Waals surface area contributed by atoms with E-state index < -0.39 is 0 Å². The Morgan fingerprint density at radius 1 is 1.43 bits per heavy atom. The highest BCUT2D eigenvalue weighted by atomic mass is 16.5. The maximum absolute atomic E-state index is 12.2. The average molecular weight is 288 g/mol. The number of amides is 1. The number of pyridine rings is 1. The lowest BCUT2D eigenvalue weighted by molar-refractivity contribution is -0.123. The van der Waals surface area contributed by atoms with Gasteiger partial charge in [0.25, 0.3) is 0 Å². The molecule has 1 N–H and O–H groups in total. The van der Waals surface area contributed by atoms with Gasteiger partial charge >= 0.3 is 0 Å². The first-order chi connectivity index (χ1) is 10.2. The number of hydrogen-bond acceptors (Lipinski definition) is 3. The Bertz CT molecular complexity index is 492. The van der Waals surface area contributed by atoms with E-state index in [9.17, 15) is 4.79 Å². The molecule has 0 aliphatic heterocycles. The summed E-state index contributed by atoms with van der Waals surface area (Å²) in [7, 11) is 0. The van der Waals surface area contributed by atoms with E-state index in [4.69, 9.17) is 4.74 Å². The zero-order valence-corrected chi connectivity index (χ0v) is 12.7. The van der Waals surface area contributed by atoms with Gasteiger partial charge in [0, 0.05) is 24.7 Å². The Morgan fingerprint density at radius 2 is 2.24 bits per heavy atom. The second-order valence-corrected chi connectivity index (χ2v) is 6.40. The average Bonchev–Trinajstić information content (AvgIpc) is 3.01. The summed E-state index contributed by atoms with van der Waals surface area (Å²) in [6, 6.07) is 3.84. The van der Waals surface area contributed by atoms with Gasteiger partial charge in [-0.05, 0) is 36.7 Å². The van der Waals surface area contributed by atoms with Crippen LogP contribution in [0.2, 0.25) is 0 Å². The highest BCUT2D eigenvalue weighted by Gasteiger charge is 2.58. The van der Waals surface area contributed by atoms with Crippen LogP contribution < -0.4 is 10.1 Å². The summed E-state index contributed by atoms with van der Waals surface area (Å²) >= 11 is 0. The zero-order valence-electron chi connectivity index (χ0n) is 12.7. The highest BCUT2D eigenvalue weighted by molar-refractivity contribution is 5.82. The van der Waals surface area contributed by atoms with Crippen LogP contribution in [0.4, 0.5) is 0 Å². The lowest BCUT2D eigenvalue weighted by Gasteiger charge is -2.09. The fraction of sp³-hybridized carbons (Fsp3) is 0.647. The van der Waals surface area contributed by atoms with Crippen molar-refractivity contribution < 1.29 is 9.53 Å². The van der Waals surface area contributed by atoms with Gasteiger partial charge in [-0.3, -0.25) is 4.79 Å². The molecule has 2 fully saturated rings. The molecule has 1 spiro atoms. The van der Waals surface area contributed by atoms with E-state index in [0.29, 0.717) is 24.4 Å². The van der Waals surface area contributed by atoms with Crippen LogP contribution in [-0.2, 0) is 11.3 Å². The number of ether oxygens (including phenoxy) is 1. The molecule has 2 aliphatic carbocycles. The highest BCUT2D eigenvalue weighted by Crippen LogP contribution is 2.62. The molecular weight excluding hydrogens is 264 g/mol. The molecule has 0 radical (unpaired) electrons. The van der Waals surface area contributed by atoms with Gasteiger partial charge in [-0.15, -0.1) is 0 Å². The van der Waals surface area contributed by atoms with E-state index in [1.165, 1.54) is 25.7 Å². The molecule has 3 rings (SSSR count). The van der Waals surface area contributed by atoms with Crippen LogP contribution >= 0.6 is 0 Å². The first-order valence-electron chi connectivity index (χ1n) is 8.09. The fourth-order valence-electron chi connectivity index (χ4n) is 3.47. The number of nitrogens with zero attached hydrogens (tertiary/aromatic N) is 1. The third-order valence-electron chi connectivity index (χ3n) is 4.82. The zero-order chi connectivity index (χ0) is 14.7. The summed E-state index contributed by atoms with van der Waals surface area (Å²) in [5.74, 6) is 1.14. The second kappa shape index (κ2) is 6.04. The minimum absolute atomic E-state index is 0.225. The van der Waals surface area contributed by atoms with E-state index >= 15 is 0 Å². The Kier molecular flexibility index (Phi) is 4.13. The van der Waals surface area contributed by atoms with Crippen molar-refractivity contribution in [2.45, 2.75) is 52.0 Å². The van der Waals surface area contributed by atoms with Crippen molar-refractivity contribution >= 4 is 5.91 Å². The van der Waals surface area contributed by atoms with Crippen molar-refractivity contribution in [2.75, 3.05) is 6.61 Å². The molecule has 1 unspecified atom stereocenters. The van der Waals surface area contributed by atoms with Crippen LogP contribution in [0.25, 0.3) is 0 Å². The van der Waals surface area contributed by atoms with E-state index in [-0.39, 0.29) is 11.8 Å². The van der Waals surface area contributed by atoms with E-state index in [1.54, 1.807) is 6.20 Å². The fourth-order valence-corrected chi connectivity index (χ4v) is 3.47. The van der Waals surface area contributed by atoms with Gasteiger partial charge < -0.3 is 10.1 Å². The van der Waals surface area contributed by atoms with Crippen molar-refractivity contribution in [1.82, 2.24) is 10.3 Å². The van der Waals surface area contributed by atoms with Gasteiger partial charge in [0.2, 0.25) is 11.8 Å². The lowest BCUT2D eigenvalue weighted by atomic mass is 10.0. The third kappa shape index (κ3) is 3.20. The Labute approximate surface area is 126 Å². The molecule has 1 heterocycles. The minimum atomic E-state index is 0.225. The van der Waals surface area contributed by atoms with Crippen LogP contribution in [0.15, 0.2) is 18.3 Å². The molecule has 0 bridgehead atoms. The minimum Gasteiger partial charge on any atom is -0.478 e. The molecule has 1 atom stereocenters. The summed E-state index contributed by atoms with van der Waals surface area (Å²) in [6.07, 6.45) is 8.94. The van der Waals surface area contributed by atoms with E-state index in [2.05, 4.69) is 17.2 Å². The van der Waals surface area contributed by atoms with Crippen molar-refractivity contribution in [3.8, 4) is 5.88 Å². The molecule has 1 aromatic rings. The number of carbonyl (C=O) groups excluding carboxylic acids is 1. The van der Waals surface area contributed by atoms with Gasteiger partial charge in [-0.2, -0.15) is 0 Å². The van der Waals surface area contributed by atoms with Crippen LogP contribution in [0.1, 0.15) is 51.0 Å². The third-order valence-corrected chi connectivity index (χ3v) is 4.82. The van der Waals surface area contributed by atoms with Crippen LogP contribution in [0.5, 0.6) is 5.88 Å². The van der Waals surface area contributed by atoms with E-state index in [0.717, 1.165) is 18.4 Å². The topological polar surface area (TPSA) is 51.2 Å². The normalized spacial score (nSPS) is 22.2. The summed E-state index contributed by atoms with van der Waals surface area (Å²) in [5.41, 5.74) is 1.40. The number of hydrogen-bond donors (Lipinski definition) is 1. The molecule has 1 amide bonds. The van der Waals surface area contributed by atoms with Gasteiger partial charge in [-0.1, -0.05) is 25.8 Å². The number of carbonyl (C=O) groups is 1. The summed E-state index contributed by atoms with van der Waals surface area (Å²) < 4.78 is 5.45. The largest absolute Gasteiger partial charge is 0.478 e. The smallest absolute Gasteiger partial charge is 0.223 e. The van der Waals surface area contributed by atoms with E-state index in [1.807, 2.05) is 12.1 Å². The molecule has 4 nitrogen and oxygen atoms in total. The number of nitrogens with one attached hydrogen (secondary N) is 1. The van der Waals surface area contributed by atoms with Gasteiger partial charge in [0.05, 0.1) is 6.61 Å². The predicted molar refractivity (Wildman–Crippen MR) is 80.9 cm³/mol. The Morgan fingerprint density at radius 3 is 2.90 bits per heavy atom. The lowest BCUT2D eigenvalue weighted by Crippen LogP contribution is -2.26. The Hall–Kier alpha value is -1.58. The quantitative estimate of drug-likeness (QED) is 0.875. The van der Waals surface area contributed by atoms with Gasteiger partial charge in [0.1, 0.15) is 0 Å². The van der Waals surface area contributed by atoms with Crippen molar-refractivity contribution in [2.24, 2.45) is 11.3 Å². The standard InChI is InChI=1S/C17H24N2O2/c1-2-9-21-15-6-5-13(11-18-15)12-19-16(20)14-10-17(14)7-3-4-8-17/h5-6,11,14H,2-4,7-10,12H2,1H3,(H,19,20). The SMILES string of the molecule is CCCOc1ccc(CNC(=O)C2CC23CCCC3)cn1. The molecule has 1 aromatic heterocycles. The van der Waals surface area contributed by atoms with Gasteiger partial charge in [-0.25, -0.2) is 4.98 Å². The maximum atomic E-state index is 12.2. The molecule has 2 aliphatic rings. The predicted octanol–water partition coefficient (Wildman–Crippen LogP) is 3.07. The monoisotopic (exact) mass is 288 g/mol. The molecular formula is C17H24N2O2. The van der Waals surface area contributed by atoms with Crippen LogP contribution in [0.3, 0.4) is 0 Å². The molecule has 0 saturated heterocycles. The van der Waals surface area contributed by atoms with Crippen molar-refractivity contribution in [3.05, 3.63) is 23.9 Å². The summed E-state index contributed by atoms with van der Waals surface area (Å²) in [6.45, 7) is 3.32. The summed E-state index contributed by atoms with van der Waals surface area (Å²) in [4.78, 5) is 16.4. The molecule has 21 heavy (non-hydrogen) atoms. The van der Waals surface area contributed by atoms with Crippen molar-refractivity contribution in [3.63, 3.8) is 0 Å². The van der Waals surface area contributed by atoms with Crippen LogP contribution in [0, 0.1) is 11.3 Å². The molecule has 0 aromatic carbocycles. The number of aromatic nitrogens is 1. The van der Waals surface area contributed by atoms with Crippen molar-refractivity contribution in [1.29, 1.82) is 0 Å². The molecule has 114 valence electrons. The first kappa shape index (κ1) is 14.4. The molecule has 2 saturated carbocycles. The maximum Gasteiger partial charge on any atom is 0.223 e. The Balaban J connectivity index is 1.46. The van der Waals surface area contributed by atoms with Gasteiger partial charge in [0.15, 0.2) is 0 Å². The van der Waals surface area contributed by atoms with Crippen LogP contribution in [-0.4, -0.2) is 17.5 Å². The number of rotatable bonds is 6. The molecule has 4 heteroatoms. The first-order valence-corrected chi connectivity index (χ1v) is 8.09. The summed E-state index contributed by atoms with van der Waals surface area (Å²) in [5, 5.41) is 3.05.